The van der Waals surface area contributed by atoms with Crippen molar-refractivity contribution in [3.63, 3.8) is 0 Å². The lowest BCUT2D eigenvalue weighted by molar-refractivity contribution is -0.130. The molecule has 1 aromatic rings. The molecule has 0 radical (unpaired) electrons. The second kappa shape index (κ2) is 11.2. The van der Waals surface area contributed by atoms with Crippen molar-refractivity contribution >= 4 is 35.8 Å². The average molecular weight is 446 g/mol. The standard InChI is InChI=1S/C16H26N6O.HI/c1-14(23)22-12-10-21(11-13-22)9-8-20-16(17)19-7-5-15-4-2-3-6-18-15;/h2-4,6H,5,7-13H2,1H3,(H3,17,19,20);1H. The van der Waals surface area contributed by atoms with Crippen molar-refractivity contribution in [2.45, 2.75) is 13.3 Å². The molecule has 2 rings (SSSR count). The fourth-order valence-corrected chi connectivity index (χ4v) is 2.52. The molecule has 1 saturated heterocycles. The van der Waals surface area contributed by atoms with Gasteiger partial charge in [0, 0.05) is 64.5 Å². The molecular weight excluding hydrogens is 419 g/mol. The lowest BCUT2D eigenvalue weighted by atomic mass is 10.3. The minimum atomic E-state index is 0. The number of pyridine rings is 1. The smallest absolute Gasteiger partial charge is 0.219 e. The van der Waals surface area contributed by atoms with E-state index in [1.165, 1.54) is 0 Å². The zero-order valence-electron chi connectivity index (χ0n) is 14.1. The average Bonchev–Trinajstić information content (AvgIpc) is 2.56. The van der Waals surface area contributed by atoms with Crippen LogP contribution in [0.4, 0.5) is 0 Å². The number of carbonyl (C=O) groups is 1. The molecular formula is C16H27IN6O. The molecule has 3 N–H and O–H groups in total. The van der Waals surface area contributed by atoms with Gasteiger partial charge in [0.1, 0.15) is 0 Å². The Bertz CT molecular complexity index is 517. The Morgan fingerprint density at radius 2 is 2.08 bits per heavy atom. The number of halogens is 1. The Morgan fingerprint density at radius 3 is 2.71 bits per heavy atom. The maximum atomic E-state index is 11.3. The third-order valence-corrected chi connectivity index (χ3v) is 3.93. The second-order valence-electron chi connectivity index (χ2n) is 5.61. The maximum absolute atomic E-state index is 11.3. The molecule has 7 nitrogen and oxygen atoms in total. The van der Waals surface area contributed by atoms with E-state index < -0.39 is 0 Å². The van der Waals surface area contributed by atoms with Gasteiger partial charge in [-0.2, -0.15) is 0 Å². The van der Waals surface area contributed by atoms with Gasteiger partial charge in [0.2, 0.25) is 5.91 Å². The van der Waals surface area contributed by atoms with E-state index in [4.69, 9.17) is 5.73 Å². The molecule has 1 aromatic heterocycles. The van der Waals surface area contributed by atoms with Gasteiger partial charge in [-0.1, -0.05) is 6.07 Å². The summed E-state index contributed by atoms with van der Waals surface area (Å²) in [5.74, 6) is 0.632. The minimum Gasteiger partial charge on any atom is -0.370 e. The summed E-state index contributed by atoms with van der Waals surface area (Å²) in [6.45, 7) is 7.30. The highest BCUT2D eigenvalue weighted by Gasteiger charge is 2.17. The van der Waals surface area contributed by atoms with Crippen LogP contribution in [0.5, 0.6) is 0 Å². The summed E-state index contributed by atoms with van der Waals surface area (Å²) >= 11 is 0. The monoisotopic (exact) mass is 446 g/mol. The van der Waals surface area contributed by atoms with Crippen molar-refractivity contribution in [3.8, 4) is 0 Å². The van der Waals surface area contributed by atoms with Crippen LogP contribution in [0.3, 0.4) is 0 Å². The number of carbonyl (C=O) groups excluding carboxylic acids is 1. The molecule has 0 unspecified atom stereocenters. The molecule has 24 heavy (non-hydrogen) atoms. The highest BCUT2D eigenvalue weighted by atomic mass is 127. The van der Waals surface area contributed by atoms with Gasteiger partial charge >= 0.3 is 0 Å². The predicted octanol–water partition coefficient (Wildman–Crippen LogP) is 0.311. The van der Waals surface area contributed by atoms with Gasteiger partial charge in [-0.25, -0.2) is 0 Å². The van der Waals surface area contributed by atoms with E-state index in [0.717, 1.165) is 51.4 Å². The molecule has 8 heteroatoms. The topological polar surface area (TPSA) is 86.9 Å². The summed E-state index contributed by atoms with van der Waals surface area (Å²) in [6.07, 6.45) is 2.61. The lowest BCUT2D eigenvalue weighted by Gasteiger charge is -2.33. The number of nitrogens with one attached hydrogen (secondary N) is 1. The number of nitrogens with zero attached hydrogens (tertiary/aromatic N) is 4. The van der Waals surface area contributed by atoms with Crippen LogP contribution in [0.2, 0.25) is 0 Å². The lowest BCUT2D eigenvalue weighted by Crippen LogP contribution is -2.48. The van der Waals surface area contributed by atoms with Crippen LogP contribution in [0, 0.1) is 0 Å². The van der Waals surface area contributed by atoms with E-state index in [0.29, 0.717) is 12.5 Å². The zero-order chi connectivity index (χ0) is 16.5. The summed E-state index contributed by atoms with van der Waals surface area (Å²) in [6, 6.07) is 5.88. The Kier molecular flexibility index (Phi) is 9.62. The van der Waals surface area contributed by atoms with E-state index in [1.54, 1.807) is 13.1 Å². The fraction of sp³-hybridized carbons (Fsp3) is 0.562. The van der Waals surface area contributed by atoms with Crippen molar-refractivity contribution in [2.75, 3.05) is 45.8 Å². The van der Waals surface area contributed by atoms with Crippen LogP contribution in [-0.4, -0.2) is 72.5 Å². The minimum absolute atomic E-state index is 0. The van der Waals surface area contributed by atoms with Crippen molar-refractivity contribution in [2.24, 2.45) is 10.7 Å². The highest BCUT2D eigenvalue weighted by Crippen LogP contribution is 2.01. The van der Waals surface area contributed by atoms with Crippen molar-refractivity contribution < 1.29 is 4.79 Å². The highest BCUT2D eigenvalue weighted by molar-refractivity contribution is 14.0. The third-order valence-electron chi connectivity index (χ3n) is 3.93. The number of piperazine rings is 1. The second-order valence-corrected chi connectivity index (χ2v) is 5.61. The molecule has 2 heterocycles. The summed E-state index contributed by atoms with van der Waals surface area (Å²) in [4.78, 5) is 24.1. The Balaban J connectivity index is 0.00000288. The first kappa shape index (κ1) is 20.6. The van der Waals surface area contributed by atoms with E-state index in [9.17, 15) is 4.79 Å². The van der Waals surface area contributed by atoms with E-state index in [2.05, 4.69) is 20.2 Å². The molecule has 134 valence electrons. The van der Waals surface area contributed by atoms with Gasteiger partial charge in [0.25, 0.3) is 0 Å². The van der Waals surface area contributed by atoms with Crippen LogP contribution in [-0.2, 0) is 11.2 Å². The van der Waals surface area contributed by atoms with E-state index >= 15 is 0 Å². The number of hydrogen-bond acceptors (Lipinski definition) is 4. The van der Waals surface area contributed by atoms with Gasteiger partial charge in [0.15, 0.2) is 5.96 Å². The zero-order valence-corrected chi connectivity index (χ0v) is 16.5. The molecule has 0 atom stereocenters. The van der Waals surface area contributed by atoms with Gasteiger partial charge < -0.3 is 16.0 Å². The van der Waals surface area contributed by atoms with Crippen molar-refractivity contribution in [3.05, 3.63) is 30.1 Å². The number of amides is 1. The largest absolute Gasteiger partial charge is 0.370 e. The van der Waals surface area contributed by atoms with Gasteiger partial charge in [-0.3, -0.25) is 19.7 Å². The van der Waals surface area contributed by atoms with Crippen LogP contribution in [0.25, 0.3) is 0 Å². The van der Waals surface area contributed by atoms with Crippen LogP contribution >= 0.6 is 24.0 Å². The molecule has 1 fully saturated rings. The molecule has 0 aromatic carbocycles. The summed E-state index contributed by atoms with van der Waals surface area (Å²) < 4.78 is 0. The van der Waals surface area contributed by atoms with Crippen LogP contribution < -0.4 is 11.1 Å². The number of guanidine groups is 1. The third kappa shape index (κ3) is 7.43. The first-order chi connectivity index (χ1) is 11.1. The summed E-state index contributed by atoms with van der Waals surface area (Å²) in [5.41, 5.74) is 6.90. The Hall–Kier alpha value is -1.42. The first-order valence-electron chi connectivity index (χ1n) is 8.06. The van der Waals surface area contributed by atoms with Gasteiger partial charge in [0.05, 0.1) is 6.54 Å². The van der Waals surface area contributed by atoms with Crippen molar-refractivity contribution in [1.29, 1.82) is 0 Å². The molecule has 0 bridgehead atoms. The fourth-order valence-electron chi connectivity index (χ4n) is 2.52. The molecule has 1 amide bonds. The maximum Gasteiger partial charge on any atom is 0.219 e. The number of hydrogen-bond donors (Lipinski definition) is 2. The predicted molar refractivity (Wildman–Crippen MR) is 107 cm³/mol. The molecule has 0 saturated carbocycles. The molecule has 0 aliphatic carbocycles. The van der Waals surface area contributed by atoms with Gasteiger partial charge in [-0.05, 0) is 12.1 Å². The SMILES string of the molecule is CC(=O)N1CCN(CCN=C(N)NCCc2ccccn2)CC1.I. The summed E-state index contributed by atoms with van der Waals surface area (Å²) in [7, 11) is 0. The summed E-state index contributed by atoms with van der Waals surface area (Å²) in [5, 5.41) is 3.11. The van der Waals surface area contributed by atoms with Crippen LogP contribution in [0.15, 0.2) is 29.4 Å². The molecule has 1 aliphatic rings. The number of nitrogens with two attached hydrogens (primary N) is 1. The number of aliphatic imine (C=N–C) groups is 1. The van der Waals surface area contributed by atoms with Crippen LogP contribution in [0.1, 0.15) is 12.6 Å². The first-order valence-corrected chi connectivity index (χ1v) is 8.06. The molecule has 1 aliphatic heterocycles. The van der Waals surface area contributed by atoms with Gasteiger partial charge in [-0.15, -0.1) is 24.0 Å². The van der Waals surface area contributed by atoms with Crippen molar-refractivity contribution in [1.82, 2.24) is 20.1 Å². The number of aromatic nitrogens is 1. The van der Waals surface area contributed by atoms with E-state index in [-0.39, 0.29) is 29.9 Å². The quantitative estimate of drug-likeness (QED) is 0.373. The Labute approximate surface area is 160 Å². The molecule has 0 spiro atoms. The number of rotatable bonds is 6. The normalized spacial score (nSPS) is 15.7. The Morgan fingerprint density at radius 1 is 1.33 bits per heavy atom. The van der Waals surface area contributed by atoms with E-state index in [1.807, 2.05) is 23.1 Å².